The lowest BCUT2D eigenvalue weighted by atomic mass is 10.3. The third kappa shape index (κ3) is 2.40. The summed E-state index contributed by atoms with van der Waals surface area (Å²) in [6, 6.07) is 12.3. The van der Waals surface area contributed by atoms with E-state index in [4.69, 9.17) is 33.7 Å². The normalized spacial score (nSPS) is 10.1. The van der Waals surface area contributed by atoms with Gasteiger partial charge in [-0.25, -0.2) is 0 Å². The lowest BCUT2D eigenvalue weighted by molar-refractivity contribution is 0.485. The van der Waals surface area contributed by atoms with Gasteiger partial charge in [-0.15, -0.1) is 0 Å². The fraction of sp³-hybridized carbons (Fsp3) is 0. The molecule has 0 aliphatic carbocycles. The van der Waals surface area contributed by atoms with Crippen molar-refractivity contribution in [3.8, 4) is 11.5 Å². The van der Waals surface area contributed by atoms with Crippen LogP contribution in [0.1, 0.15) is 0 Å². The first-order valence-corrected chi connectivity index (χ1v) is 5.40. The van der Waals surface area contributed by atoms with E-state index in [-0.39, 0.29) is 0 Å². The Bertz CT molecular complexity index is 514. The van der Waals surface area contributed by atoms with Gasteiger partial charge in [0.05, 0.1) is 10.7 Å². The first kappa shape index (κ1) is 11.1. The molecule has 2 aromatic carbocycles. The van der Waals surface area contributed by atoms with Gasteiger partial charge in [-0.1, -0.05) is 35.3 Å². The highest BCUT2D eigenvalue weighted by molar-refractivity contribution is 6.32. The van der Waals surface area contributed by atoms with Gasteiger partial charge in [0.1, 0.15) is 11.5 Å². The third-order valence-electron chi connectivity index (χ3n) is 2.03. The number of rotatable bonds is 2. The van der Waals surface area contributed by atoms with Crippen LogP contribution in [0.25, 0.3) is 0 Å². The maximum Gasteiger partial charge on any atom is 0.150 e. The summed E-state index contributed by atoms with van der Waals surface area (Å²) in [4.78, 5) is 0. The van der Waals surface area contributed by atoms with Gasteiger partial charge in [-0.3, -0.25) is 0 Å². The summed E-state index contributed by atoms with van der Waals surface area (Å²) < 4.78 is 5.58. The molecule has 82 valence electrons. The fourth-order valence-electron chi connectivity index (χ4n) is 1.26. The summed E-state index contributed by atoms with van der Waals surface area (Å²) >= 11 is 11.8. The quantitative estimate of drug-likeness (QED) is 0.807. The Morgan fingerprint density at radius 3 is 2.38 bits per heavy atom. The number of benzene rings is 2. The second kappa shape index (κ2) is 4.64. The monoisotopic (exact) mass is 253 g/mol. The Balaban J connectivity index is 2.31. The summed E-state index contributed by atoms with van der Waals surface area (Å²) in [5.74, 6) is 1.11. The van der Waals surface area contributed by atoms with Gasteiger partial charge in [0, 0.05) is 5.02 Å². The predicted molar refractivity (Wildman–Crippen MR) is 67.4 cm³/mol. The van der Waals surface area contributed by atoms with Crippen LogP contribution >= 0.6 is 23.2 Å². The number of hydrogen-bond donors (Lipinski definition) is 1. The van der Waals surface area contributed by atoms with Crippen molar-refractivity contribution in [2.75, 3.05) is 5.73 Å². The average molecular weight is 254 g/mol. The molecular formula is C12H9Cl2NO. The van der Waals surface area contributed by atoms with Crippen LogP contribution in [-0.4, -0.2) is 0 Å². The molecule has 2 rings (SSSR count). The minimum atomic E-state index is 0.479. The Morgan fingerprint density at radius 2 is 1.69 bits per heavy atom. The molecule has 16 heavy (non-hydrogen) atoms. The third-order valence-corrected chi connectivity index (χ3v) is 2.58. The van der Waals surface area contributed by atoms with E-state index in [1.54, 1.807) is 30.3 Å². The Morgan fingerprint density at radius 1 is 0.938 bits per heavy atom. The molecule has 0 aliphatic rings. The van der Waals surface area contributed by atoms with E-state index in [0.29, 0.717) is 27.2 Å². The van der Waals surface area contributed by atoms with E-state index in [1.165, 1.54) is 0 Å². The van der Waals surface area contributed by atoms with Crippen LogP contribution in [-0.2, 0) is 0 Å². The highest BCUT2D eigenvalue weighted by Crippen LogP contribution is 2.33. The topological polar surface area (TPSA) is 35.2 Å². The minimum absolute atomic E-state index is 0.479. The molecule has 2 N–H and O–H groups in total. The summed E-state index contributed by atoms with van der Waals surface area (Å²) in [6.45, 7) is 0. The van der Waals surface area contributed by atoms with Crippen LogP contribution in [0.5, 0.6) is 11.5 Å². The van der Waals surface area contributed by atoms with E-state index >= 15 is 0 Å². The minimum Gasteiger partial charge on any atom is -0.454 e. The van der Waals surface area contributed by atoms with Gasteiger partial charge in [0.2, 0.25) is 0 Å². The van der Waals surface area contributed by atoms with E-state index < -0.39 is 0 Å². The zero-order chi connectivity index (χ0) is 11.5. The molecule has 0 fully saturated rings. The second-order valence-electron chi connectivity index (χ2n) is 3.21. The predicted octanol–water partition coefficient (Wildman–Crippen LogP) is 4.37. The maximum atomic E-state index is 5.97. The highest BCUT2D eigenvalue weighted by Gasteiger charge is 2.05. The standard InChI is InChI=1S/C12H9Cl2NO/c13-8-5-6-12(10(15)7-8)16-11-4-2-1-3-9(11)14/h1-7H,15H2. The molecule has 2 nitrogen and oxygen atoms in total. The van der Waals surface area contributed by atoms with Crippen LogP contribution in [0, 0.1) is 0 Å². The van der Waals surface area contributed by atoms with E-state index in [2.05, 4.69) is 0 Å². The SMILES string of the molecule is Nc1cc(Cl)ccc1Oc1ccccc1Cl. The largest absolute Gasteiger partial charge is 0.454 e. The van der Waals surface area contributed by atoms with Crippen LogP contribution in [0.2, 0.25) is 10.0 Å². The van der Waals surface area contributed by atoms with E-state index in [0.717, 1.165) is 0 Å². The molecule has 0 spiro atoms. The van der Waals surface area contributed by atoms with Gasteiger partial charge >= 0.3 is 0 Å². The molecule has 2 aromatic rings. The molecule has 0 atom stereocenters. The van der Waals surface area contributed by atoms with Crippen LogP contribution in [0.15, 0.2) is 42.5 Å². The number of hydrogen-bond acceptors (Lipinski definition) is 2. The molecular weight excluding hydrogens is 245 g/mol. The maximum absolute atomic E-state index is 5.97. The summed E-state index contributed by atoms with van der Waals surface area (Å²) in [7, 11) is 0. The number of nitrogen functional groups attached to an aromatic ring is 1. The van der Waals surface area contributed by atoms with Crippen molar-refractivity contribution in [3.05, 3.63) is 52.5 Å². The number of para-hydroxylation sites is 1. The van der Waals surface area contributed by atoms with Crippen molar-refractivity contribution in [3.63, 3.8) is 0 Å². The Kier molecular flexibility index (Phi) is 3.22. The van der Waals surface area contributed by atoms with Crippen molar-refractivity contribution in [2.45, 2.75) is 0 Å². The zero-order valence-corrected chi connectivity index (χ0v) is 9.79. The molecule has 0 heterocycles. The van der Waals surface area contributed by atoms with Gasteiger partial charge in [0.25, 0.3) is 0 Å². The van der Waals surface area contributed by atoms with Crippen molar-refractivity contribution in [1.82, 2.24) is 0 Å². The molecule has 0 amide bonds. The van der Waals surface area contributed by atoms with Gasteiger partial charge in [-0.05, 0) is 30.3 Å². The molecule has 0 saturated heterocycles. The Labute approximate surface area is 104 Å². The van der Waals surface area contributed by atoms with Gasteiger partial charge in [-0.2, -0.15) is 0 Å². The molecule has 4 heteroatoms. The van der Waals surface area contributed by atoms with Crippen molar-refractivity contribution >= 4 is 28.9 Å². The summed E-state index contributed by atoms with van der Waals surface area (Å²) in [6.07, 6.45) is 0. The molecule has 0 unspecified atom stereocenters. The van der Waals surface area contributed by atoms with Gasteiger partial charge in [0.15, 0.2) is 0 Å². The number of halogens is 2. The van der Waals surface area contributed by atoms with E-state index in [9.17, 15) is 0 Å². The van der Waals surface area contributed by atoms with Crippen LogP contribution in [0.3, 0.4) is 0 Å². The zero-order valence-electron chi connectivity index (χ0n) is 8.28. The van der Waals surface area contributed by atoms with Crippen molar-refractivity contribution in [2.24, 2.45) is 0 Å². The lowest BCUT2D eigenvalue weighted by Gasteiger charge is -2.09. The fourth-order valence-corrected chi connectivity index (χ4v) is 1.61. The molecule has 0 aliphatic heterocycles. The Hall–Kier alpha value is -1.38. The van der Waals surface area contributed by atoms with E-state index in [1.807, 2.05) is 12.1 Å². The first-order valence-electron chi connectivity index (χ1n) is 4.64. The summed E-state index contributed by atoms with van der Waals surface area (Å²) in [5, 5.41) is 1.11. The van der Waals surface area contributed by atoms with Gasteiger partial charge < -0.3 is 10.5 Å². The molecule has 0 aromatic heterocycles. The average Bonchev–Trinajstić information content (AvgIpc) is 2.25. The highest BCUT2D eigenvalue weighted by atomic mass is 35.5. The second-order valence-corrected chi connectivity index (χ2v) is 4.06. The van der Waals surface area contributed by atoms with Crippen LogP contribution in [0.4, 0.5) is 5.69 Å². The number of anilines is 1. The van der Waals surface area contributed by atoms with Crippen LogP contribution < -0.4 is 10.5 Å². The smallest absolute Gasteiger partial charge is 0.150 e. The summed E-state index contributed by atoms with van der Waals surface area (Å²) in [5.41, 5.74) is 6.25. The van der Waals surface area contributed by atoms with Crippen molar-refractivity contribution < 1.29 is 4.74 Å². The van der Waals surface area contributed by atoms with Crippen molar-refractivity contribution in [1.29, 1.82) is 0 Å². The molecule has 0 bridgehead atoms. The first-order chi connectivity index (χ1) is 7.66. The molecule has 0 saturated carbocycles. The number of nitrogens with two attached hydrogens (primary N) is 1. The lowest BCUT2D eigenvalue weighted by Crippen LogP contribution is -1.92. The number of ether oxygens (including phenoxy) is 1. The molecule has 0 radical (unpaired) electrons.